The molecule has 5 rings (SSSR count). The number of ether oxygens (including phenoxy) is 1. The van der Waals surface area contributed by atoms with Crippen LogP contribution in [0, 0.1) is 0 Å². The standard InChI is InChI=1S/C24H16BrNO6/c1-30-16-5-2-4-15(12-16)26-21(18-6-3-9-31-18)20(23(28)24(26)29)22(27)19-11-13-10-14(25)7-8-17(13)32-19/h2-12,21,28H,1H3. The van der Waals surface area contributed by atoms with Crippen LogP contribution in [0.4, 0.5) is 5.69 Å². The van der Waals surface area contributed by atoms with Gasteiger partial charge in [-0.05, 0) is 48.5 Å². The predicted octanol–water partition coefficient (Wildman–Crippen LogP) is 5.58. The highest BCUT2D eigenvalue weighted by molar-refractivity contribution is 9.10. The molecule has 0 bridgehead atoms. The number of carbonyl (C=O) groups is 2. The summed E-state index contributed by atoms with van der Waals surface area (Å²) in [5.41, 5.74) is 0.838. The molecule has 1 amide bonds. The van der Waals surface area contributed by atoms with Crippen LogP contribution >= 0.6 is 15.9 Å². The SMILES string of the molecule is COc1cccc(N2C(=O)C(O)=C(C(=O)c3cc4cc(Br)ccc4o3)C2c2ccco2)c1. The molecule has 1 unspecified atom stereocenters. The van der Waals surface area contributed by atoms with Gasteiger partial charge in [0.25, 0.3) is 5.91 Å². The number of methoxy groups -OCH3 is 1. The maximum absolute atomic E-state index is 13.5. The van der Waals surface area contributed by atoms with Gasteiger partial charge in [0, 0.05) is 21.6 Å². The van der Waals surface area contributed by atoms with Crippen molar-refractivity contribution in [2.75, 3.05) is 12.0 Å². The molecular formula is C24H16BrNO6. The van der Waals surface area contributed by atoms with Crippen molar-refractivity contribution in [3.8, 4) is 5.75 Å². The Morgan fingerprint density at radius 1 is 1.12 bits per heavy atom. The van der Waals surface area contributed by atoms with Gasteiger partial charge in [0.1, 0.15) is 23.1 Å². The number of nitrogens with zero attached hydrogens (tertiary/aromatic N) is 1. The molecule has 1 aliphatic heterocycles. The van der Waals surface area contributed by atoms with Crippen LogP contribution in [0.3, 0.4) is 0 Å². The Balaban J connectivity index is 1.63. The average Bonchev–Trinajstić information content (AvgIpc) is 3.52. The third kappa shape index (κ3) is 3.20. The Morgan fingerprint density at radius 3 is 2.72 bits per heavy atom. The van der Waals surface area contributed by atoms with Gasteiger partial charge in [-0.3, -0.25) is 14.5 Å². The van der Waals surface area contributed by atoms with Crippen molar-refractivity contribution in [3.05, 3.63) is 94.3 Å². The molecule has 32 heavy (non-hydrogen) atoms. The average molecular weight is 494 g/mol. The molecule has 2 aromatic carbocycles. The van der Waals surface area contributed by atoms with E-state index in [9.17, 15) is 14.7 Å². The van der Waals surface area contributed by atoms with E-state index in [2.05, 4.69) is 15.9 Å². The topological polar surface area (TPSA) is 93.1 Å². The van der Waals surface area contributed by atoms with Crippen LogP contribution in [0.25, 0.3) is 11.0 Å². The summed E-state index contributed by atoms with van der Waals surface area (Å²) < 4.78 is 17.4. The molecule has 1 N–H and O–H groups in total. The summed E-state index contributed by atoms with van der Waals surface area (Å²) in [5.74, 6) is -1.11. The second kappa shape index (κ2) is 7.72. The minimum absolute atomic E-state index is 0.0106. The van der Waals surface area contributed by atoms with Crippen molar-refractivity contribution in [3.63, 3.8) is 0 Å². The smallest absolute Gasteiger partial charge is 0.294 e. The zero-order chi connectivity index (χ0) is 22.4. The van der Waals surface area contributed by atoms with Crippen molar-refractivity contribution in [1.29, 1.82) is 0 Å². The molecule has 4 aromatic rings. The number of ketones is 1. The molecule has 0 spiro atoms. The molecule has 0 aliphatic carbocycles. The monoisotopic (exact) mass is 493 g/mol. The van der Waals surface area contributed by atoms with Crippen molar-refractivity contribution < 1.29 is 28.3 Å². The first-order valence-corrected chi connectivity index (χ1v) is 10.4. The van der Waals surface area contributed by atoms with Crippen LogP contribution in [0.2, 0.25) is 0 Å². The summed E-state index contributed by atoms with van der Waals surface area (Å²) in [6.07, 6.45) is 1.44. The number of anilines is 1. The number of aliphatic hydroxyl groups is 1. The largest absolute Gasteiger partial charge is 0.503 e. The number of benzene rings is 2. The van der Waals surface area contributed by atoms with Crippen LogP contribution in [-0.4, -0.2) is 23.9 Å². The zero-order valence-corrected chi connectivity index (χ0v) is 18.3. The Bertz CT molecular complexity index is 1380. The van der Waals surface area contributed by atoms with Gasteiger partial charge >= 0.3 is 0 Å². The second-order valence-corrected chi connectivity index (χ2v) is 8.09. The molecule has 8 heteroatoms. The van der Waals surface area contributed by atoms with Gasteiger partial charge in [-0.25, -0.2) is 0 Å². The van der Waals surface area contributed by atoms with E-state index in [0.29, 0.717) is 28.2 Å². The van der Waals surface area contributed by atoms with E-state index in [-0.39, 0.29) is 11.3 Å². The van der Waals surface area contributed by atoms with Crippen molar-refractivity contribution in [2.24, 2.45) is 0 Å². The molecule has 0 saturated carbocycles. The zero-order valence-electron chi connectivity index (χ0n) is 16.7. The number of halogens is 1. The van der Waals surface area contributed by atoms with Crippen LogP contribution < -0.4 is 9.64 Å². The van der Waals surface area contributed by atoms with E-state index in [4.69, 9.17) is 13.6 Å². The van der Waals surface area contributed by atoms with Crippen molar-refractivity contribution >= 4 is 44.3 Å². The third-order valence-electron chi connectivity index (χ3n) is 5.30. The Kier molecular flexibility index (Phi) is 4.86. The maximum atomic E-state index is 13.5. The highest BCUT2D eigenvalue weighted by Crippen LogP contribution is 2.43. The molecule has 1 aliphatic rings. The quantitative estimate of drug-likeness (QED) is 0.364. The van der Waals surface area contributed by atoms with Gasteiger partial charge in [0.2, 0.25) is 5.78 Å². The molecule has 7 nitrogen and oxygen atoms in total. The van der Waals surface area contributed by atoms with Crippen LogP contribution in [0.1, 0.15) is 22.4 Å². The van der Waals surface area contributed by atoms with E-state index in [1.165, 1.54) is 18.3 Å². The van der Waals surface area contributed by atoms with Crippen LogP contribution in [0.5, 0.6) is 5.75 Å². The number of rotatable bonds is 5. The van der Waals surface area contributed by atoms with E-state index in [1.807, 2.05) is 6.07 Å². The minimum Gasteiger partial charge on any atom is -0.503 e. The summed E-state index contributed by atoms with van der Waals surface area (Å²) in [6.45, 7) is 0. The lowest BCUT2D eigenvalue weighted by Gasteiger charge is -2.25. The molecule has 1 atom stereocenters. The minimum atomic E-state index is -0.975. The molecule has 2 aromatic heterocycles. The predicted molar refractivity (Wildman–Crippen MR) is 120 cm³/mol. The molecule has 0 fully saturated rings. The lowest BCUT2D eigenvalue weighted by molar-refractivity contribution is -0.117. The number of carbonyl (C=O) groups excluding carboxylic acids is 2. The van der Waals surface area contributed by atoms with E-state index >= 15 is 0 Å². The van der Waals surface area contributed by atoms with E-state index < -0.39 is 23.5 Å². The van der Waals surface area contributed by atoms with Crippen LogP contribution in [-0.2, 0) is 4.79 Å². The molecule has 3 heterocycles. The van der Waals surface area contributed by atoms with E-state index in [1.54, 1.807) is 54.6 Å². The summed E-state index contributed by atoms with van der Waals surface area (Å²) in [7, 11) is 1.51. The van der Waals surface area contributed by atoms with E-state index in [0.717, 1.165) is 4.47 Å². The highest BCUT2D eigenvalue weighted by atomic mass is 79.9. The second-order valence-electron chi connectivity index (χ2n) is 7.18. The Labute approximate surface area is 190 Å². The summed E-state index contributed by atoms with van der Waals surface area (Å²) in [6, 6.07) is 16.0. The van der Waals surface area contributed by atoms with Gasteiger partial charge in [0.15, 0.2) is 11.5 Å². The number of furan rings is 2. The molecule has 160 valence electrons. The maximum Gasteiger partial charge on any atom is 0.294 e. The van der Waals surface area contributed by atoms with Crippen molar-refractivity contribution in [1.82, 2.24) is 0 Å². The summed E-state index contributed by atoms with van der Waals surface area (Å²) in [5, 5.41) is 11.5. The Morgan fingerprint density at radius 2 is 1.97 bits per heavy atom. The fourth-order valence-corrected chi connectivity index (χ4v) is 4.22. The highest BCUT2D eigenvalue weighted by Gasteiger charge is 2.46. The van der Waals surface area contributed by atoms with Crippen molar-refractivity contribution in [2.45, 2.75) is 6.04 Å². The van der Waals surface area contributed by atoms with Gasteiger partial charge in [-0.15, -0.1) is 0 Å². The first-order chi connectivity index (χ1) is 15.5. The summed E-state index contributed by atoms with van der Waals surface area (Å²) >= 11 is 3.39. The molecular weight excluding hydrogens is 478 g/mol. The first-order valence-electron chi connectivity index (χ1n) is 9.66. The lowest BCUT2D eigenvalue weighted by Crippen LogP contribution is -2.30. The molecule has 0 saturated heterocycles. The summed E-state index contributed by atoms with van der Waals surface area (Å²) in [4.78, 5) is 27.9. The Hall–Kier alpha value is -3.78. The fraction of sp³-hybridized carbons (Fsp3) is 0.0833. The van der Waals surface area contributed by atoms with Gasteiger partial charge in [-0.1, -0.05) is 22.0 Å². The normalized spacial score (nSPS) is 16.2. The first kappa shape index (κ1) is 20.1. The number of fused-ring (bicyclic) bond motifs is 1. The number of hydrogen-bond donors (Lipinski definition) is 1. The number of hydrogen-bond acceptors (Lipinski definition) is 6. The lowest BCUT2D eigenvalue weighted by atomic mass is 9.99. The van der Waals surface area contributed by atoms with Gasteiger partial charge < -0.3 is 18.7 Å². The third-order valence-corrected chi connectivity index (χ3v) is 5.79. The van der Waals surface area contributed by atoms with Gasteiger partial charge in [-0.2, -0.15) is 0 Å². The number of amides is 1. The number of aliphatic hydroxyl groups excluding tert-OH is 1. The van der Waals surface area contributed by atoms with Crippen LogP contribution in [0.15, 0.2) is 91.6 Å². The molecule has 0 radical (unpaired) electrons. The fourth-order valence-electron chi connectivity index (χ4n) is 3.84. The van der Waals surface area contributed by atoms with Gasteiger partial charge in [0.05, 0.1) is 18.9 Å². The number of Topliss-reactive ketones (excluding diaryl/α,β-unsaturated/α-hetero) is 1.